The molecule has 1 amide bonds. The van der Waals surface area contributed by atoms with Crippen molar-refractivity contribution in [1.29, 1.82) is 0 Å². The van der Waals surface area contributed by atoms with Gasteiger partial charge in [0, 0.05) is 18.5 Å². The van der Waals surface area contributed by atoms with Crippen LogP contribution in [0.3, 0.4) is 0 Å². The fourth-order valence-electron chi connectivity index (χ4n) is 3.86. The third kappa shape index (κ3) is 3.51. The molecule has 1 aromatic rings. The van der Waals surface area contributed by atoms with E-state index in [1.165, 1.54) is 18.4 Å². The molecule has 2 fully saturated rings. The second-order valence-corrected chi connectivity index (χ2v) is 6.78. The van der Waals surface area contributed by atoms with E-state index in [4.69, 9.17) is 4.74 Å². The summed E-state index contributed by atoms with van der Waals surface area (Å²) >= 11 is 0. The van der Waals surface area contributed by atoms with E-state index in [0.29, 0.717) is 19.5 Å². The molecule has 1 saturated heterocycles. The maximum Gasteiger partial charge on any atom is 0.237 e. The Balaban J connectivity index is 1.67. The van der Waals surface area contributed by atoms with Gasteiger partial charge in [-0.05, 0) is 37.0 Å². The normalized spacial score (nSPS) is 26.2. The maximum atomic E-state index is 12.3. The zero-order chi connectivity index (χ0) is 16.3. The van der Waals surface area contributed by atoms with Gasteiger partial charge in [0.05, 0.1) is 19.3 Å². The summed E-state index contributed by atoms with van der Waals surface area (Å²) in [6.45, 7) is 1.16. The van der Waals surface area contributed by atoms with E-state index < -0.39 is 6.10 Å². The molecule has 1 aliphatic carbocycles. The molecule has 1 aromatic carbocycles. The van der Waals surface area contributed by atoms with Crippen molar-refractivity contribution < 1.29 is 14.6 Å². The average molecular weight is 318 g/mol. The first kappa shape index (κ1) is 16.3. The number of aliphatic hydroxyl groups excluding tert-OH is 1. The van der Waals surface area contributed by atoms with Crippen molar-refractivity contribution in [3.63, 3.8) is 0 Å². The third-order valence-electron chi connectivity index (χ3n) is 5.29. The first-order valence-corrected chi connectivity index (χ1v) is 8.47. The topological polar surface area (TPSA) is 70.6 Å². The summed E-state index contributed by atoms with van der Waals surface area (Å²) in [7, 11) is 1.67. The molecule has 3 N–H and O–H groups in total. The molecule has 0 radical (unpaired) electrons. The van der Waals surface area contributed by atoms with Gasteiger partial charge in [-0.3, -0.25) is 4.79 Å². The number of carbonyl (C=O) groups excluding carboxylic acids is 1. The Bertz CT molecular complexity index is 538. The lowest BCUT2D eigenvalue weighted by Gasteiger charge is -2.30. The van der Waals surface area contributed by atoms with Crippen LogP contribution < -0.4 is 15.4 Å². The minimum absolute atomic E-state index is 0.00124. The summed E-state index contributed by atoms with van der Waals surface area (Å²) in [5.74, 6) is 0.858. The average Bonchev–Trinajstić information content (AvgIpc) is 3.23. The molecule has 5 nitrogen and oxygen atoms in total. The molecule has 0 spiro atoms. The van der Waals surface area contributed by atoms with Crippen molar-refractivity contribution in [2.75, 3.05) is 20.2 Å². The summed E-state index contributed by atoms with van der Waals surface area (Å²) in [5.41, 5.74) is 1.30. The fourth-order valence-corrected chi connectivity index (χ4v) is 3.86. The molecule has 0 bridgehead atoms. The van der Waals surface area contributed by atoms with Crippen molar-refractivity contribution in [1.82, 2.24) is 10.6 Å². The van der Waals surface area contributed by atoms with Crippen LogP contribution in [0.5, 0.6) is 5.75 Å². The summed E-state index contributed by atoms with van der Waals surface area (Å²) < 4.78 is 5.24. The fraction of sp³-hybridized carbons (Fsp3) is 0.611. The number of carbonyl (C=O) groups is 1. The van der Waals surface area contributed by atoms with E-state index in [0.717, 1.165) is 18.6 Å². The summed E-state index contributed by atoms with van der Waals surface area (Å²) in [6.07, 6.45) is 4.68. The van der Waals surface area contributed by atoms with Crippen molar-refractivity contribution in [3.05, 3.63) is 29.8 Å². The quantitative estimate of drug-likeness (QED) is 0.766. The number of amides is 1. The van der Waals surface area contributed by atoms with Crippen LogP contribution in [0.15, 0.2) is 24.3 Å². The van der Waals surface area contributed by atoms with E-state index in [9.17, 15) is 9.90 Å². The van der Waals surface area contributed by atoms with Crippen LogP contribution in [-0.2, 0) is 10.2 Å². The van der Waals surface area contributed by atoms with Crippen LogP contribution in [0.25, 0.3) is 0 Å². The van der Waals surface area contributed by atoms with Crippen molar-refractivity contribution in [2.45, 2.75) is 49.7 Å². The number of aliphatic hydroxyl groups is 1. The molecule has 126 valence electrons. The van der Waals surface area contributed by atoms with Crippen LogP contribution in [0.4, 0.5) is 0 Å². The maximum absolute atomic E-state index is 12.3. The van der Waals surface area contributed by atoms with Crippen molar-refractivity contribution in [3.8, 4) is 5.75 Å². The van der Waals surface area contributed by atoms with Crippen LogP contribution in [0.1, 0.15) is 37.7 Å². The zero-order valence-electron chi connectivity index (χ0n) is 13.7. The molecule has 1 heterocycles. The highest BCUT2D eigenvalue weighted by molar-refractivity contribution is 5.82. The highest BCUT2D eigenvalue weighted by atomic mass is 16.5. The lowest BCUT2D eigenvalue weighted by Crippen LogP contribution is -2.46. The Morgan fingerprint density at radius 3 is 2.61 bits per heavy atom. The Morgan fingerprint density at radius 2 is 2.04 bits per heavy atom. The minimum Gasteiger partial charge on any atom is -0.497 e. The Labute approximate surface area is 137 Å². The van der Waals surface area contributed by atoms with Gasteiger partial charge in [0.15, 0.2) is 0 Å². The van der Waals surface area contributed by atoms with Gasteiger partial charge in [-0.1, -0.05) is 25.0 Å². The molecule has 23 heavy (non-hydrogen) atoms. The van der Waals surface area contributed by atoms with E-state index in [-0.39, 0.29) is 17.4 Å². The predicted molar refractivity (Wildman–Crippen MR) is 88.6 cm³/mol. The lowest BCUT2D eigenvalue weighted by molar-refractivity contribution is -0.123. The second-order valence-electron chi connectivity index (χ2n) is 6.78. The minimum atomic E-state index is -0.409. The molecule has 3 rings (SSSR count). The first-order chi connectivity index (χ1) is 11.1. The molecular weight excluding hydrogens is 292 g/mol. The van der Waals surface area contributed by atoms with Gasteiger partial charge in [0.1, 0.15) is 5.75 Å². The van der Waals surface area contributed by atoms with E-state index in [1.807, 2.05) is 12.1 Å². The van der Waals surface area contributed by atoms with Gasteiger partial charge in [0.25, 0.3) is 0 Å². The number of hydrogen-bond donors (Lipinski definition) is 3. The molecule has 1 saturated carbocycles. The van der Waals surface area contributed by atoms with Gasteiger partial charge in [0.2, 0.25) is 5.91 Å². The van der Waals surface area contributed by atoms with Gasteiger partial charge < -0.3 is 20.5 Å². The lowest BCUT2D eigenvalue weighted by atomic mass is 9.78. The third-order valence-corrected chi connectivity index (χ3v) is 5.29. The summed E-state index contributed by atoms with van der Waals surface area (Å²) in [4.78, 5) is 12.3. The van der Waals surface area contributed by atoms with Gasteiger partial charge in [-0.25, -0.2) is 0 Å². The van der Waals surface area contributed by atoms with Gasteiger partial charge in [-0.15, -0.1) is 0 Å². The highest BCUT2D eigenvalue weighted by Crippen LogP contribution is 2.41. The van der Waals surface area contributed by atoms with E-state index in [1.54, 1.807) is 7.11 Å². The Kier molecular flexibility index (Phi) is 4.87. The van der Waals surface area contributed by atoms with Crippen molar-refractivity contribution in [2.24, 2.45) is 0 Å². The van der Waals surface area contributed by atoms with Crippen LogP contribution in [0.2, 0.25) is 0 Å². The number of rotatable bonds is 5. The zero-order valence-corrected chi connectivity index (χ0v) is 13.7. The molecule has 2 atom stereocenters. The summed E-state index contributed by atoms with van der Waals surface area (Å²) in [5, 5.41) is 15.7. The standard InChI is InChI=1S/C18H26N2O3/c1-23-15-6-4-13(5-7-15)18(8-2-3-9-18)12-20-17(22)16-10-14(21)11-19-16/h4-7,14,16,19,21H,2-3,8-12H2,1H3,(H,20,22)/t14-,16-/m1/s1. The smallest absolute Gasteiger partial charge is 0.237 e. The number of benzene rings is 1. The number of hydrogen-bond acceptors (Lipinski definition) is 4. The largest absolute Gasteiger partial charge is 0.497 e. The second kappa shape index (κ2) is 6.89. The highest BCUT2D eigenvalue weighted by Gasteiger charge is 2.37. The molecule has 0 aromatic heterocycles. The monoisotopic (exact) mass is 318 g/mol. The Hall–Kier alpha value is -1.59. The molecule has 0 unspecified atom stereocenters. The Morgan fingerprint density at radius 1 is 1.35 bits per heavy atom. The number of ether oxygens (including phenoxy) is 1. The molecule has 2 aliphatic rings. The number of nitrogens with one attached hydrogen (secondary N) is 2. The first-order valence-electron chi connectivity index (χ1n) is 8.47. The number of β-amino-alcohol motifs (C(OH)–C–C–N with tert-alkyl or cyclic N) is 1. The SMILES string of the molecule is COc1ccc(C2(CNC(=O)[C@H]3C[C@@H](O)CN3)CCCC2)cc1. The van der Waals surface area contributed by atoms with Gasteiger partial charge in [-0.2, -0.15) is 0 Å². The van der Waals surface area contributed by atoms with Crippen molar-refractivity contribution >= 4 is 5.91 Å². The van der Waals surface area contributed by atoms with Crippen LogP contribution in [0, 0.1) is 0 Å². The number of methoxy groups -OCH3 is 1. The predicted octanol–water partition coefficient (Wildman–Crippen LogP) is 1.35. The van der Waals surface area contributed by atoms with Crippen LogP contribution in [-0.4, -0.2) is 43.4 Å². The van der Waals surface area contributed by atoms with E-state index >= 15 is 0 Å². The molecular formula is C18H26N2O3. The van der Waals surface area contributed by atoms with Crippen LogP contribution >= 0.6 is 0 Å². The molecule has 5 heteroatoms. The van der Waals surface area contributed by atoms with E-state index in [2.05, 4.69) is 22.8 Å². The molecule has 1 aliphatic heterocycles. The van der Waals surface area contributed by atoms with Gasteiger partial charge >= 0.3 is 0 Å². The summed E-state index contributed by atoms with van der Waals surface area (Å²) in [6, 6.07) is 7.96.